The third kappa shape index (κ3) is 3.31. The zero-order valence-electron chi connectivity index (χ0n) is 10.6. The highest BCUT2D eigenvalue weighted by molar-refractivity contribution is 5.70. The molecule has 2 rings (SSSR count). The second-order valence-electron chi connectivity index (χ2n) is 4.35. The van der Waals surface area contributed by atoms with Gasteiger partial charge in [-0.25, -0.2) is 0 Å². The van der Waals surface area contributed by atoms with Crippen molar-refractivity contribution in [3.8, 4) is 0 Å². The number of rotatable bonds is 5. The number of aryl methyl sites for hydroxylation is 1. The third-order valence-electron chi connectivity index (χ3n) is 3.09. The first-order valence-corrected chi connectivity index (χ1v) is 6.13. The number of methoxy groups -OCH3 is 1. The van der Waals surface area contributed by atoms with Crippen LogP contribution in [0.4, 0.5) is 0 Å². The second kappa shape index (κ2) is 5.98. The molecule has 0 aromatic heterocycles. The first-order valence-electron chi connectivity index (χ1n) is 6.13. The van der Waals surface area contributed by atoms with Gasteiger partial charge in [-0.15, -0.1) is 0 Å². The number of esters is 1. The van der Waals surface area contributed by atoms with Crippen LogP contribution in [0.15, 0.2) is 30.3 Å². The van der Waals surface area contributed by atoms with E-state index in [1.54, 1.807) is 0 Å². The normalized spacial score (nSPS) is 17.6. The zero-order valence-corrected chi connectivity index (χ0v) is 10.6. The van der Waals surface area contributed by atoms with Gasteiger partial charge in [0.25, 0.3) is 0 Å². The van der Waals surface area contributed by atoms with Gasteiger partial charge in [-0.05, 0) is 12.0 Å². The number of carbonyl (C=O) groups excluding carboxylic acids is 1. The van der Waals surface area contributed by atoms with Crippen LogP contribution in [-0.4, -0.2) is 32.1 Å². The van der Waals surface area contributed by atoms with Gasteiger partial charge < -0.3 is 14.2 Å². The fraction of sp³-hybridized carbons (Fsp3) is 0.500. The Labute approximate surface area is 107 Å². The Hall–Kier alpha value is -1.39. The summed E-state index contributed by atoms with van der Waals surface area (Å²) in [5.41, 5.74) is 1.21. The molecule has 0 spiro atoms. The van der Waals surface area contributed by atoms with E-state index in [-0.39, 0.29) is 12.4 Å². The van der Waals surface area contributed by atoms with Crippen LogP contribution in [0.25, 0.3) is 0 Å². The minimum Gasteiger partial charge on any atom is -0.469 e. The van der Waals surface area contributed by atoms with Gasteiger partial charge in [-0.2, -0.15) is 0 Å². The summed E-state index contributed by atoms with van der Waals surface area (Å²) in [6.07, 6.45) is 1.63. The zero-order chi connectivity index (χ0) is 12.8. The number of hydrogen-bond acceptors (Lipinski definition) is 4. The number of benzene rings is 1. The van der Waals surface area contributed by atoms with Crippen molar-refractivity contribution in [1.29, 1.82) is 0 Å². The quantitative estimate of drug-likeness (QED) is 0.749. The molecule has 0 saturated carbocycles. The van der Waals surface area contributed by atoms with Crippen molar-refractivity contribution in [2.45, 2.75) is 25.0 Å². The Bertz CT molecular complexity index is 382. The van der Waals surface area contributed by atoms with Crippen molar-refractivity contribution >= 4 is 5.97 Å². The van der Waals surface area contributed by atoms with Crippen LogP contribution in [0.1, 0.15) is 18.4 Å². The number of ether oxygens (including phenoxy) is 3. The van der Waals surface area contributed by atoms with E-state index in [9.17, 15) is 4.79 Å². The van der Waals surface area contributed by atoms with Gasteiger partial charge in [-0.1, -0.05) is 30.3 Å². The summed E-state index contributed by atoms with van der Waals surface area (Å²) in [6, 6.07) is 10.1. The lowest BCUT2D eigenvalue weighted by molar-refractivity contribution is -0.183. The van der Waals surface area contributed by atoms with Crippen molar-refractivity contribution in [3.05, 3.63) is 35.9 Å². The molecular formula is C14H18O4. The van der Waals surface area contributed by atoms with Crippen LogP contribution in [-0.2, 0) is 25.4 Å². The van der Waals surface area contributed by atoms with E-state index in [2.05, 4.69) is 12.1 Å². The van der Waals surface area contributed by atoms with E-state index in [1.165, 1.54) is 12.7 Å². The fourth-order valence-electron chi connectivity index (χ4n) is 2.10. The molecule has 0 atom stereocenters. The summed E-state index contributed by atoms with van der Waals surface area (Å²) < 4.78 is 15.9. The molecule has 98 valence electrons. The summed E-state index contributed by atoms with van der Waals surface area (Å²) in [7, 11) is 1.38. The third-order valence-corrected chi connectivity index (χ3v) is 3.09. The lowest BCUT2D eigenvalue weighted by Crippen LogP contribution is -2.34. The molecule has 0 unspecified atom stereocenters. The maximum atomic E-state index is 11.4. The van der Waals surface area contributed by atoms with Crippen molar-refractivity contribution in [2.24, 2.45) is 0 Å². The second-order valence-corrected chi connectivity index (χ2v) is 4.35. The Kier molecular flexibility index (Phi) is 4.33. The monoisotopic (exact) mass is 250 g/mol. The van der Waals surface area contributed by atoms with Gasteiger partial charge in [0.1, 0.15) is 0 Å². The Morgan fingerprint density at radius 2 is 1.94 bits per heavy atom. The highest BCUT2D eigenvalue weighted by Gasteiger charge is 2.38. The molecule has 0 N–H and O–H groups in total. The maximum absolute atomic E-state index is 11.4. The molecule has 1 aromatic carbocycles. The fourth-order valence-corrected chi connectivity index (χ4v) is 2.10. The SMILES string of the molecule is COC(=O)CC1(CCc2ccccc2)OCCO1. The molecule has 0 radical (unpaired) electrons. The van der Waals surface area contributed by atoms with Gasteiger partial charge in [0.2, 0.25) is 0 Å². The minimum atomic E-state index is -0.803. The first kappa shape index (κ1) is 13.1. The van der Waals surface area contributed by atoms with Crippen molar-refractivity contribution in [2.75, 3.05) is 20.3 Å². The molecular weight excluding hydrogens is 232 g/mol. The van der Waals surface area contributed by atoms with Gasteiger partial charge in [0.05, 0.1) is 26.7 Å². The molecule has 4 nitrogen and oxygen atoms in total. The Morgan fingerprint density at radius 1 is 1.28 bits per heavy atom. The van der Waals surface area contributed by atoms with Gasteiger partial charge in [0, 0.05) is 6.42 Å². The molecule has 1 aliphatic rings. The van der Waals surface area contributed by atoms with Crippen LogP contribution >= 0.6 is 0 Å². The predicted octanol–water partition coefficient (Wildman–Crippen LogP) is 1.93. The molecule has 18 heavy (non-hydrogen) atoms. The lowest BCUT2D eigenvalue weighted by Gasteiger charge is -2.26. The average Bonchev–Trinajstić information content (AvgIpc) is 2.86. The van der Waals surface area contributed by atoms with Crippen molar-refractivity contribution in [1.82, 2.24) is 0 Å². The summed E-state index contributed by atoms with van der Waals surface area (Å²) in [5.74, 6) is -1.10. The molecule has 1 fully saturated rings. The Morgan fingerprint density at radius 3 is 2.56 bits per heavy atom. The molecule has 0 bridgehead atoms. The molecule has 1 aromatic rings. The molecule has 1 aliphatic heterocycles. The highest BCUT2D eigenvalue weighted by Crippen LogP contribution is 2.29. The topological polar surface area (TPSA) is 44.8 Å². The number of carbonyl (C=O) groups is 1. The van der Waals surface area contributed by atoms with Crippen molar-refractivity contribution < 1.29 is 19.0 Å². The number of hydrogen-bond donors (Lipinski definition) is 0. The molecule has 4 heteroatoms. The van der Waals surface area contributed by atoms with Gasteiger partial charge in [0.15, 0.2) is 5.79 Å². The van der Waals surface area contributed by atoms with Crippen LogP contribution < -0.4 is 0 Å². The largest absolute Gasteiger partial charge is 0.469 e. The van der Waals surface area contributed by atoms with E-state index in [0.29, 0.717) is 19.6 Å². The first-order chi connectivity index (χ1) is 8.74. The van der Waals surface area contributed by atoms with Crippen LogP contribution in [0.5, 0.6) is 0 Å². The Balaban J connectivity index is 1.96. The average molecular weight is 250 g/mol. The summed E-state index contributed by atoms with van der Waals surface area (Å²) in [4.78, 5) is 11.4. The van der Waals surface area contributed by atoms with Gasteiger partial charge in [-0.3, -0.25) is 4.79 Å². The maximum Gasteiger partial charge on any atom is 0.310 e. The van der Waals surface area contributed by atoms with Crippen LogP contribution in [0.2, 0.25) is 0 Å². The van der Waals surface area contributed by atoms with Gasteiger partial charge >= 0.3 is 5.97 Å². The van der Waals surface area contributed by atoms with Crippen LogP contribution in [0, 0.1) is 0 Å². The molecule has 1 heterocycles. The van der Waals surface area contributed by atoms with E-state index in [0.717, 1.165) is 6.42 Å². The summed E-state index contributed by atoms with van der Waals surface area (Å²) >= 11 is 0. The van der Waals surface area contributed by atoms with E-state index >= 15 is 0 Å². The summed E-state index contributed by atoms with van der Waals surface area (Å²) in [6.45, 7) is 1.07. The standard InChI is InChI=1S/C14H18O4/c1-16-13(15)11-14(17-9-10-18-14)8-7-12-5-3-2-4-6-12/h2-6H,7-11H2,1H3. The smallest absolute Gasteiger partial charge is 0.310 e. The van der Waals surface area contributed by atoms with E-state index in [4.69, 9.17) is 14.2 Å². The predicted molar refractivity (Wildman–Crippen MR) is 66.0 cm³/mol. The summed E-state index contributed by atoms with van der Waals surface area (Å²) in [5, 5.41) is 0. The molecule has 0 amide bonds. The lowest BCUT2D eigenvalue weighted by atomic mass is 10.0. The highest BCUT2D eigenvalue weighted by atomic mass is 16.7. The minimum absolute atomic E-state index is 0.149. The van der Waals surface area contributed by atoms with Crippen molar-refractivity contribution in [3.63, 3.8) is 0 Å². The molecule has 1 saturated heterocycles. The van der Waals surface area contributed by atoms with E-state index < -0.39 is 5.79 Å². The van der Waals surface area contributed by atoms with E-state index in [1.807, 2.05) is 18.2 Å². The van der Waals surface area contributed by atoms with Crippen LogP contribution in [0.3, 0.4) is 0 Å². The molecule has 0 aliphatic carbocycles.